The molecule has 0 saturated carbocycles. The summed E-state index contributed by atoms with van der Waals surface area (Å²) < 4.78 is 21.0. The van der Waals surface area contributed by atoms with Crippen molar-refractivity contribution in [2.75, 3.05) is 39.6 Å². The van der Waals surface area contributed by atoms with Crippen molar-refractivity contribution in [2.24, 2.45) is 0 Å². The third kappa shape index (κ3) is 17.8. The fourth-order valence-corrected chi connectivity index (χ4v) is 1.10. The van der Waals surface area contributed by atoms with Crippen LogP contribution in [-0.2, 0) is 18.9 Å². The second kappa shape index (κ2) is 16.9. The van der Waals surface area contributed by atoms with E-state index in [1.54, 1.807) is 6.92 Å². The fourth-order valence-electron chi connectivity index (χ4n) is 1.10. The summed E-state index contributed by atoms with van der Waals surface area (Å²) in [7, 11) is 0. The van der Waals surface area contributed by atoms with Gasteiger partial charge in [0.15, 0.2) is 0 Å². The van der Waals surface area contributed by atoms with Gasteiger partial charge in [0.25, 0.3) is 0 Å². The highest BCUT2D eigenvalue weighted by atomic mass is 16.6. The molecule has 5 heteroatoms. The molecule has 128 valence electrons. The van der Waals surface area contributed by atoms with E-state index < -0.39 is 6.10 Å². The summed E-state index contributed by atoms with van der Waals surface area (Å²) in [6.07, 6.45) is -0.112. The Balaban J connectivity index is -0.000000320. The van der Waals surface area contributed by atoms with E-state index in [4.69, 9.17) is 24.1 Å². The van der Waals surface area contributed by atoms with E-state index in [-0.39, 0.29) is 35.8 Å². The maximum Gasteiger partial charge on any atom is 0.104 e. The molecule has 0 radical (unpaired) electrons. The first-order chi connectivity index (χ1) is 7.68. The zero-order chi connectivity index (χ0) is 11.8. The summed E-state index contributed by atoms with van der Waals surface area (Å²) in [6, 6.07) is 0. The fraction of sp³-hybridized carbons (Fsp3) is 1.00. The minimum Gasteiger partial charge on any atom is -0.391 e. The summed E-state index contributed by atoms with van der Waals surface area (Å²) in [5.74, 6) is 0. The number of rotatable bonds is 10. The highest BCUT2D eigenvalue weighted by molar-refractivity contribution is 4.66. The Labute approximate surface area is 126 Å². The second-order valence-corrected chi connectivity index (χ2v) is 4.10. The van der Waals surface area contributed by atoms with E-state index in [0.717, 1.165) is 6.61 Å². The maximum atomic E-state index is 9.00. The van der Waals surface area contributed by atoms with E-state index in [1.165, 1.54) is 0 Å². The Morgan fingerprint density at radius 2 is 1.60 bits per heavy atom. The average molecular weight is 298 g/mol. The van der Waals surface area contributed by atoms with Gasteiger partial charge in [-0.2, -0.15) is 0 Å². The normalized spacial score (nSPS) is 18.4. The van der Waals surface area contributed by atoms with Crippen LogP contribution in [0.25, 0.3) is 0 Å². The van der Waals surface area contributed by atoms with E-state index in [0.29, 0.717) is 39.1 Å². The number of ether oxygens (including phenoxy) is 4. The van der Waals surface area contributed by atoms with Gasteiger partial charge in [-0.15, -0.1) is 0 Å². The van der Waals surface area contributed by atoms with Crippen LogP contribution in [0.15, 0.2) is 0 Å². The van der Waals surface area contributed by atoms with Gasteiger partial charge in [0, 0.05) is 0 Å². The molecule has 0 amide bonds. The molecule has 0 aromatic heterocycles. The van der Waals surface area contributed by atoms with E-state index in [2.05, 4.69) is 0 Å². The molecule has 0 aliphatic carbocycles. The minimum atomic E-state index is -0.427. The molecule has 1 aliphatic rings. The molecule has 20 heavy (non-hydrogen) atoms. The molecule has 3 atom stereocenters. The lowest BCUT2D eigenvalue weighted by atomic mass is 10.4. The number of aliphatic hydroxyl groups is 1. The van der Waals surface area contributed by atoms with Gasteiger partial charge in [0.1, 0.15) is 6.10 Å². The van der Waals surface area contributed by atoms with Crippen LogP contribution < -0.4 is 0 Å². The smallest absolute Gasteiger partial charge is 0.104 e. The molecule has 1 rings (SSSR count). The summed E-state index contributed by atoms with van der Waals surface area (Å²) >= 11 is 0. The van der Waals surface area contributed by atoms with Gasteiger partial charge >= 0.3 is 0 Å². The molecule has 1 aliphatic heterocycles. The van der Waals surface area contributed by atoms with Crippen LogP contribution in [0.1, 0.15) is 43.6 Å². The van der Waals surface area contributed by atoms with Crippen molar-refractivity contribution in [3.05, 3.63) is 0 Å². The van der Waals surface area contributed by atoms with E-state index >= 15 is 0 Å². The third-order valence-corrected chi connectivity index (χ3v) is 2.05. The Morgan fingerprint density at radius 3 is 2.10 bits per heavy atom. The largest absolute Gasteiger partial charge is 0.391 e. The number of aliphatic hydroxyl groups excluding tert-OH is 1. The molecule has 5 nitrogen and oxygen atoms in total. The SMILES string of the molecule is C.C.C.C.CC(O)COC(C)COCCOCC1CO1. The third-order valence-electron chi connectivity index (χ3n) is 2.05. The maximum absolute atomic E-state index is 9.00. The lowest BCUT2D eigenvalue weighted by Gasteiger charge is -2.14. The molecule has 0 aromatic rings. The number of hydrogen-bond acceptors (Lipinski definition) is 5. The van der Waals surface area contributed by atoms with Gasteiger partial charge in [0.05, 0.1) is 51.8 Å². The van der Waals surface area contributed by atoms with Gasteiger partial charge in [-0.25, -0.2) is 0 Å². The van der Waals surface area contributed by atoms with Crippen molar-refractivity contribution in [3.63, 3.8) is 0 Å². The lowest BCUT2D eigenvalue weighted by Crippen LogP contribution is -2.22. The second-order valence-electron chi connectivity index (χ2n) is 4.10. The summed E-state index contributed by atoms with van der Waals surface area (Å²) in [6.45, 7) is 7.12. The van der Waals surface area contributed by atoms with Gasteiger partial charge in [-0.05, 0) is 13.8 Å². The van der Waals surface area contributed by atoms with Gasteiger partial charge in [-0.1, -0.05) is 29.7 Å². The first-order valence-electron chi connectivity index (χ1n) is 5.75. The van der Waals surface area contributed by atoms with Crippen molar-refractivity contribution < 1.29 is 24.1 Å². The molecular weight excluding hydrogens is 260 g/mol. The van der Waals surface area contributed by atoms with Crippen molar-refractivity contribution in [1.29, 1.82) is 0 Å². The summed E-state index contributed by atoms with van der Waals surface area (Å²) in [4.78, 5) is 0. The van der Waals surface area contributed by atoms with Crippen molar-refractivity contribution in [3.8, 4) is 0 Å². The van der Waals surface area contributed by atoms with Crippen LogP contribution in [0.4, 0.5) is 0 Å². The van der Waals surface area contributed by atoms with Crippen LogP contribution in [0.3, 0.4) is 0 Å². The van der Waals surface area contributed by atoms with E-state index in [9.17, 15) is 0 Å². The zero-order valence-corrected chi connectivity index (χ0v) is 10.1. The predicted molar refractivity (Wildman–Crippen MR) is 85.4 cm³/mol. The van der Waals surface area contributed by atoms with E-state index in [1.807, 2.05) is 6.92 Å². The predicted octanol–water partition coefficient (Wildman–Crippen LogP) is 2.75. The van der Waals surface area contributed by atoms with Gasteiger partial charge in [-0.3, -0.25) is 0 Å². The Morgan fingerprint density at radius 1 is 1.05 bits per heavy atom. The zero-order valence-electron chi connectivity index (χ0n) is 10.1. The van der Waals surface area contributed by atoms with Crippen LogP contribution in [0.5, 0.6) is 0 Å². The van der Waals surface area contributed by atoms with Gasteiger partial charge in [0.2, 0.25) is 0 Å². The number of epoxide rings is 1. The lowest BCUT2D eigenvalue weighted by molar-refractivity contribution is -0.0461. The quantitative estimate of drug-likeness (QED) is 0.496. The molecule has 1 saturated heterocycles. The molecule has 1 fully saturated rings. The van der Waals surface area contributed by atoms with Crippen LogP contribution in [-0.4, -0.2) is 63.1 Å². The van der Waals surface area contributed by atoms with Crippen LogP contribution >= 0.6 is 0 Å². The Hall–Kier alpha value is -0.200. The monoisotopic (exact) mass is 298 g/mol. The van der Waals surface area contributed by atoms with Crippen LogP contribution in [0, 0.1) is 0 Å². The standard InChI is InChI=1S/C11H22O5.4CH4/c1-9(12)5-15-10(2)6-13-3-4-14-7-11-8-16-11;;;;/h9-12H,3-8H2,1-2H3;4*1H4. The molecule has 0 aromatic carbocycles. The van der Waals surface area contributed by atoms with Crippen molar-refractivity contribution in [1.82, 2.24) is 0 Å². The Bertz CT molecular complexity index is 172. The Kier molecular flexibility index (Phi) is 23.6. The highest BCUT2D eigenvalue weighted by Gasteiger charge is 2.21. The number of hydrogen-bond donors (Lipinski definition) is 1. The van der Waals surface area contributed by atoms with Crippen molar-refractivity contribution >= 4 is 0 Å². The summed E-state index contributed by atoms with van der Waals surface area (Å²) in [5.41, 5.74) is 0. The first kappa shape index (κ1) is 28.0. The summed E-state index contributed by atoms with van der Waals surface area (Å²) in [5, 5.41) is 9.00. The first-order valence-corrected chi connectivity index (χ1v) is 5.75. The molecular formula is C15H38O5. The van der Waals surface area contributed by atoms with Crippen LogP contribution in [0.2, 0.25) is 0 Å². The molecule has 3 unspecified atom stereocenters. The average Bonchev–Trinajstić information content (AvgIpc) is 3.04. The molecule has 0 bridgehead atoms. The molecule has 0 spiro atoms. The molecule has 1 heterocycles. The van der Waals surface area contributed by atoms with Gasteiger partial charge < -0.3 is 24.1 Å². The minimum absolute atomic E-state index is 0. The molecule has 1 N–H and O–H groups in total. The highest BCUT2D eigenvalue weighted by Crippen LogP contribution is 2.08. The topological polar surface area (TPSA) is 60.5 Å². The van der Waals surface area contributed by atoms with Crippen molar-refractivity contribution in [2.45, 2.75) is 61.9 Å².